The van der Waals surface area contributed by atoms with E-state index in [4.69, 9.17) is 9.47 Å². The Morgan fingerprint density at radius 3 is 2.68 bits per heavy atom. The number of hydrogen-bond acceptors (Lipinski definition) is 4. The van der Waals surface area contributed by atoms with Crippen LogP contribution in [0.25, 0.3) is 0 Å². The highest BCUT2D eigenvalue weighted by molar-refractivity contribution is 5.42. The van der Waals surface area contributed by atoms with Gasteiger partial charge in [-0.1, -0.05) is 13.0 Å². The van der Waals surface area contributed by atoms with Crippen LogP contribution in [0.5, 0.6) is 11.5 Å². The average Bonchev–Trinajstić information content (AvgIpc) is 2.48. The van der Waals surface area contributed by atoms with Crippen molar-refractivity contribution in [1.29, 1.82) is 0 Å². The highest BCUT2D eigenvalue weighted by Crippen LogP contribution is 2.28. The van der Waals surface area contributed by atoms with E-state index >= 15 is 0 Å². The zero-order valence-electron chi connectivity index (χ0n) is 11.9. The molecule has 1 aliphatic rings. The number of nitrogens with one attached hydrogen (secondary N) is 1. The maximum absolute atomic E-state index is 5.89. The minimum Gasteiger partial charge on any atom is -0.493 e. The van der Waals surface area contributed by atoms with Gasteiger partial charge in [0, 0.05) is 32.7 Å². The SMILES string of the molecule is CCc1ccc(OC)c(OCCN2CCNCC2)c1. The fourth-order valence-electron chi connectivity index (χ4n) is 2.27. The van der Waals surface area contributed by atoms with Crippen LogP contribution in [0.3, 0.4) is 0 Å². The Morgan fingerprint density at radius 2 is 2.00 bits per heavy atom. The molecular formula is C15H24N2O2. The van der Waals surface area contributed by atoms with E-state index in [-0.39, 0.29) is 0 Å². The lowest BCUT2D eigenvalue weighted by atomic mass is 10.1. The van der Waals surface area contributed by atoms with Gasteiger partial charge in [0.2, 0.25) is 0 Å². The second-order valence-corrected chi connectivity index (χ2v) is 4.78. The van der Waals surface area contributed by atoms with Gasteiger partial charge in [0.1, 0.15) is 6.61 Å². The molecule has 1 aromatic carbocycles. The van der Waals surface area contributed by atoms with Gasteiger partial charge in [-0.2, -0.15) is 0 Å². The molecule has 0 spiro atoms. The van der Waals surface area contributed by atoms with E-state index in [1.54, 1.807) is 7.11 Å². The van der Waals surface area contributed by atoms with Gasteiger partial charge in [-0.25, -0.2) is 0 Å². The largest absolute Gasteiger partial charge is 0.493 e. The zero-order valence-corrected chi connectivity index (χ0v) is 11.9. The third-order valence-electron chi connectivity index (χ3n) is 3.51. The van der Waals surface area contributed by atoms with Crippen molar-refractivity contribution >= 4 is 0 Å². The highest BCUT2D eigenvalue weighted by atomic mass is 16.5. The molecule has 1 saturated heterocycles. The molecule has 0 aromatic heterocycles. The van der Waals surface area contributed by atoms with Gasteiger partial charge in [0.05, 0.1) is 7.11 Å². The maximum Gasteiger partial charge on any atom is 0.161 e. The van der Waals surface area contributed by atoms with E-state index in [0.717, 1.165) is 50.6 Å². The quantitative estimate of drug-likeness (QED) is 0.845. The molecule has 1 heterocycles. The Balaban J connectivity index is 1.86. The number of rotatable bonds is 6. The second-order valence-electron chi connectivity index (χ2n) is 4.78. The van der Waals surface area contributed by atoms with Crippen molar-refractivity contribution in [3.63, 3.8) is 0 Å². The topological polar surface area (TPSA) is 33.7 Å². The van der Waals surface area contributed by atoms with Crippen LogP contribution in [0.1, 0.15) is 12.5 Å². The molecule has 106 valence electrons. The molecule has 0 unspecified atom stereocenters. The van der Waals surface area contributed by atoms with Crippen LogP contribution >= 0.6 is 0 Å². The van der Waals surface area contributed by atoms with Gasteiger partial charge in [0.15, 0.2) is 11.5 Å². The second kappa shape index (κ2) is 7.36. The summed E-state index contributed by atoms with van der Waals surface area (Å²) in [6.07, 6.45) is 1.01. The summed E-state index contributed by atoms with van der Waals surface area (Å²) in [6.45, 7) is 8.20. The minimum absolute atomic E-state index is 0.712. The third kappa shape index (κ3) is 4.11. The molecule has 0 radical (unpaired) electrons. The van der Waals surface area contributed by atoms with Crippen molar-refractivity contribution in [3.05, 3.63) is 23.8 Å². The lowest BCUT2D eigenvalue weighted by Crippen LogP contribution is -2.44. The first-order valence-corrected chi connectivity index (χ1v) is 7.06. The number of hydrogen-bond donors (Lipinski definition) is 1. The molecule has 2 rings (SSSR count). The lowest BCUT2D eigenvalue weighted by Gasteiger charge is -2.27. The van der Waals surface area contributed by atoms with Gasteiger partial charge in [-0.15, -0.1) is 0 Å². The van der Waals surface area contributed by atoms with Crippen molar-refractivity contribution in [2.75, 3.05) is 46.4 Å². The fourth-order valence-corrected chi connectivity index (χ4v) is 2.27. The number of aryl methyl sites for hydroxylation is 1. The van der Waals surface area contributed by atoms with Crippen LogP contribution in [-0.2, 0) is 6.42 Å². The predicted octanol–water partition coefficient (Wildman–Crippen LogP) is 1.54. The number of benzene rings is 1. The molecular weight excluding hydrogens is 240 g/mol. The normalized spacial score (nSPS) is 16.3. The van der Waals surface area contributed by atoms with Crippen molar-refractivity contribution < 1.29 is 9.47 Å². The summed E-state index contributed by atoms with van der Waals surface area (Å²) in [5.74, 6) is 1.68. The van der Waals surface area contributed by atoms with Crippen LogP contribution in [0.2, 0.25) is 0 Å². The molecule has 0 amide bonds. The van der Waals surface area contributed by atoms with Crippen molar-refractivity contribution in [2.45, 2.75) is 13.3 Å². The van der Waals surface area contributed by atoms with Crippen molar-refractivity contribution in [1.82, 2.24) is 10.2 Å². The molecule has 0 aliphatic carbocycles. The standard InChI is InChI=1S/C15H24N2O2/c1-3-13-4-5-14(18-2)15(12-13)19-11-10-17-8-6-16-7-9-17/h4-5,12,16H,3,6-11H2,1-2H3. The van der Waals surface area contributed by atoms with Crippen LogP contribution in [0.4, 0.5) is 0 Å². The molecule has 4 heteroatoms. The van der Waals surface area contributed by atoms with Crippen LogP contribution in [0, 0.1) is 0 Å². The molecule has 1 aliphatic heterocycles. The molecule has 4 nitrogen and oxygen atoms in total. The Hall–Kier alpha value is -1.26. The molecule has 0 atom stereocenters. The molecule has 1 fully saturated rings. The summed E-state index contributed by atoms with van der Waals surface area (Å²) >= 11 is 0. The predicted molar refractivity (Wildman–Crippen MR) is 77.2 cm³/mol. The van der Waals surface area contributed by atoms with E-state index in [2.05, 4.69) is 29.3 Å². The van der Waals surface area contributed by atoms with E-state index in [0.29, 0.717) is 6.61 Å². The number of piperazine rings is 1. The van der Waals surface area contributed by atoms with Crippen LogP contribution < -0.4 is 14.8 Å². The molecule has 1 aromatic rings. The summed E-state index contributed by atoms with van der Waals surface area (Å²) in [4.78, 5) is 2.42. The summed E-state index contributed by atoms with van der Waals surface area (Å²) in [5, 5.41) is 3.35. The molecule has 0 bridgehead atoms. The Morgan fingerprint density at radius 1 is 1.21 bits per heavy atom. The highest BCUT2D eigenvalue weighted by Gasteiger charge is 2.10. The van der Waals surface area contributed by atoms with Gasteiger partial charge < -0.3 is 14.8 Å². The summed E-state index contributed by atoms with van der Waals surface area (Å²) in [7, 11) is 1.68. The third-order valence-corrected chi connectivity index (χ3v) is 3.51. The first kappa shape index (κ1) is 14.2. The smallest absolute Gasteiger partial charge is 0.161 e. The van der Waals surface area contributed by atoms with Gasteiger partial charge >= 0.3 is 0 Å². The number of nitrogens with zero attached hydrogens (tertiary/aromatic N) is 1. The number of methoxy groups -OCH3 is 1. The van der Waals surface area contributed by atoms with Crippen LogP contribution in [0.15, 0.2) is 18.2 Å². The van der Waals surface area contributed by atoms with Gasteiger partial charge in [-0.05, 0) is 24.1 Å². The Labute approximate surface area is 115 Å². The van der Waals surface area contributed by atoms with E-state index < -0.39 is 0 Å². The first-order valence-electron chi connectivity index (χ1n) is 7.06. The average molecular weight is 264 g/mol. The van der Waals surface area contributed by atoms with E-state index in [1.807, 2.05) is 6.07 Å². The molecule has 1 N–H and O–H groups in total. The summed E-state index contributed by atoms with van der Waals surface area (Å²) in [5.41, 5.74) is 1.28. The number of ether oxygens (including phenoxy) is 2. The van der Waals surface area contributed by atoms with Crippen molar-refractivity contribution in [3.8, 4) is 11.5 Å². The monoisotopic (exact) mass is 264 g/mol. The fraction of sp³-hybridized carbons (Fsp3) is 0.600. The van der Waals surface area contributed by atoms with Gasteiger partial charge in [-0.3, -0.25) is 4.90 Å². The molecule has 0 saturated carbocycles. The Kier molecular flexibility index (Phi) is 5.48. The van der Waals surface area contributed by atoms with E-state index in [9.17, 15) is 0 Å². The lowest BCUT2D eigenvalue weighted by molar-refractivity contribution is 0.188. The van der Waals surface area contributed by atoms with E-state index in [1.165, 1.54) is 5.56 Å². The Bertz CT molecular complexity index is 390. The van der Waals surface area contributed by atoms with Crippen LogP contribution in [-0.4, -0.2) is 51.3 Å². The zero-order chi connectivity index (χ0) is 13.5. The molecule has 19 heavy (non-hydrogen) atoms. The first-order chi connectivity index (χ1) is 9.33. The van der Waals surface area contributed by atoms with Gasteiger partial charge in [0.25, 0.3) is 0 Å². The minimum atomic E-state index is 0.712. The summed E-state index contributed by atoms with van der Waals surface area (Å²) < 4.78 is 11.2. The maximum atomic E-state index is 5.89. The summed E-state index contributed by atoms with van der Waals surface area (Å²) in [6, 6.07) is 6.15. The van der Waals surface area contributed by atoms with Crippen molar-refractivity contribution in [2.24, 2.45) is 0 Å².